The second-order valence-corrected chi connectivity index (χ2v) is 8.44. The highest BCUT2D eigenvalue weighted by atomic mass is 32.2. The summed E-state index contributed by atoms with van der Waals surface area (Å²) in [4.78, 5) is 22.8. The molecule has 0 spiro atoms. The monoisotopic (exact) mass is 455 g/mol. The SMILES string of the molecule is CC(C)c1ccc(OC(C)c2nnc(SCC(=O)Nc3ccccc3[N+](=O)[O-])n2C)cc1. The molecule has 1 aromatic heterocycles. The van der Waals surface area contributed by atoms with E-state index >= 15 is 0 Å². The van der Waals surface area contributed by atoms with Crippen molar-refractivity contribution in [2.75, 3.05) is 11.1 Å². The second kappa shape index (κ2) is 10.3. The maximum Gasteiger partial charge on any atom is 0.292 e. The van der Waals surface area contributed by atoms with Crippen molar-refractivity contribution < 1.29 is 14.5 Å². The molecule has 32 heavy (non-hydrogen) atoms. The lowest BCUT2D eigenvalue weighted by atomic mass is 10.0. The molecule has 168 valence electrons. The van der Waals surface area contributed by atoms with Crippen molar-refractivity contribution in [2.24, 2.45) is 7.05 Å². The second-order valence-electron chi connectivity index (χ2n) is 7.49. The number of benzene rings is 2. The Morgan fingerprint density at radius 3 is 2.50 bits per heavy atom. The van der Waals surface area contributed by atoms with Gasteiger partial charge in [0.05, 0.1) is 10.7 Å². The highest BCUT2D eigenvalue weighted by Crippen LogP contribution is 2.26. The first-order chi connectivity index (χ1) is 15.3. The molecule has 0 bridgehead atoms. The Morgan fingerprint density at radius 2 is 1.84 bits per heavy atom. The van der Waals surface area contributed by atoms with Crippen LogP contribution in [0.25, 0.3) is 0 Å². The number of nitro groups is 1. The quantitative estimate of drug-likeness (QED) is 0.282. The molecular weight excluding hydrogens is 430 g/mol. The first-order valence-corrected chi connectivity index (χ1v) is 11.1. The van der Waals surface area contributed by atoms with Gasteiger partial charge in [-0.2, -0.15) is 0 Å². The number of para-hydroxylation sites is 2. The molecule has 1 heterocycles. The normalized spacial score (nSPS) is 11.9. The van der Waals surface area contributed by atoms with Gasteiger partial charge in [0.15, 0.2) is 17.1 Å². The van der Waals surface area contributed by atoms with Crippen LogP contribution in [0.4, 0.5) is 11.4 Å². The predicted octanol–water partition coefficient (Wildman–Crippen LogP) is 4.72. The van der Waals surface area contributed by atoms with Gasteiger partial charge in [-0.1, -0.05) is 49.9 Å². The third-order valence-corrected chi connectivity index (χ3v) is 5.82. The van der Waals surface area contributed by atoms with Crippen LogP contribution in [0.15, 0.2) is 53.7 Å². The highest BCUT2D eigenvalue weighted by molar-refractivity contribution is 7.99. The first-order valence-electron chi connectivity index (χ1n) is 10.1. The number of amides is 1. The zero-order valence-corrected chi connectivity index (χ0v) is 19.1. The molecule has 1 unspecified atom stereocenters. The third kappa shape index (κ3) is 5.64. The minimum atomic E-state index is -0.532. The van der Waals surface area contributed by atoms with Gasteiger partial charge in [-0.15, -0.1) is 10.2 Å². The minimum Gasteiger partial charge on any atom is -0.483 e. The van der Waals surface area contributed by atoms with E-state index in [-0.39, 0.29) is 29.1 Å². The Kier molecular flexibility index (Phi) is 7.47. The zero-order valence-electron chi connectivity index (χ0n) is 18.3. The van der Waals surface area contributed by atoms with Gasteiger partial charge in [-0.05, 0) is 36.6 Å². The van der Waals surface area contributed by atoms with Crippen molar-refractivity contribution in [1.82, 2.24) is 14.8 Å². The van der Waals surface area contributed by atoms with Crippen molar-refractivity contribution in [3.05, 3.63) is 70.0 Å². The van der Waals surface area contributed by atoms with Crippen LogP contribution < -0.4 is 10.1 Å². The molecular formula is C22H25N5O4S. The Morgan fingerprint density at radius 1 is 1.16 bits per heavy atom. The molecule has 1 N–H and O–H groups in total. The maximum absolute atomic E-state index is 12.3. The molecule has 0 saturated carbocycles. The fourth-order valence-electron chi connectivity index (χ4n) is 3.05. The highest BCUT2D eigenvalue weighted by Gasteiger charge is 2.19. The molecule has 0 aliphatic carbocycles. The number of carbonyl (C=O) groups excluding carboxylic acids is 1. The van der Waals surface area contributed by atoms with E-state index in [4.69, 9.17) is 4.74 Å². The molecule has 10 heteroatoms. The summed E-state index contributed by atoms with van der Waals surface area (Å²) in [5, 5.41) is 22.6. The largest absolute Gasteiger partial charge is 0.483 e. The van der Waals surface area contributed by atoms with E-state index in [0.29, 0.717) is 16.9 Å². The van der Waals surface area contributed by atoms with Crippen LogP contribution in [0.2, 0.25) is 0 Å². The van der Waals surface area contributed by atoms with Gasteiger partial charge in [0.1, 0.15) is 11.4 Å². The lowest BCUT2D eigenvalue weighted by molar-refractivity contribution is -0.383. The van der Waals surface area contributed by atoms with E-state index in [0.717, 1.165) is 5.75 Å². The Balaban J connectivity index is 1.59. The van der Waals surface area contributed by atoms with Crippen molar-refractivity contribution >= 4 is 29.0 Å². The molecule has 9 nitrogen and oxygen atoms in total. The first kappa shape index (κ1) is 23.3. The van der Waals surface area contributed by atoms with E-state index in [1.54, 1.807) is 23.7 Å². The van der Waals surface area contributed by atoms with Crippen molar-refractivity contribution in [3.8, 4) is 5.75 Å². The smallest absolute Gasteiger partial charge is 0.292 e. The van der Waals surface area contributed by atoms with Crippen LogP contribution in [0.3, 0.4) is 0 Å². The standard InChI is InChI=1S/C22H25N5O4S/c1-14(2)16-9-11-17(12-10-16)31-15(3)21-24-25-22(26(21)4)32-13-20(28)23-18-7-5-6-8-19(18)27(29)30/h5-12,14-15H,13H2,1-4H3,(H,23,28). The number of nitrogens with zero attached hydrogens (tertiary/aromatic N) is 4. The van der Waals surface area contributed by atoms with Crippen molar-refractivity contribution in [2.45, 2.75) is 37.9 Å². The summed E-state index contributed by atoms with van der Waals surface area (Å²) >= 11 is 1.19. The number of nitro benzene ring substituents is 1. The number of aromatic nitrogens is 3. The Hall–Kier alpha value is -3.40. The van der Waals surface area contributed by atoms with Gasteiger partial charge in [0.25, 0.3) is 5.69 Å². The Labute approximate surface area is 190 Å². The lowest BCUT2D eigenvalue weighted by Gasteiger charge is -2.15. The van der Waals surface area contributed by atoms with Gasteiger partial charge in [-0.3, -0.25) is 14.9 Å². The molecule has 0 saturated heterocycles. The van der Waals surface area contributed by atoms with E-state index in [1.165, 1.54) is 29.5 Å². The number of rotatable bonds is 9. The van der Waals surface area contributed by atoms with Crippen molar-refractivity contribution in [3.63, 3.8) is 0 Å². The number of anilines is 1. The topological polar surface area (TPSA) is 112 Å². The van der Waals surface area contributed by atoms with Crippen LogP contribution >= 0.6 is 11.8 Å². The molecule has 1 atom stereocenters. The fraction of sp³-hybridized carbons (Fsp3) is 0.318. The van der Waals surface area contributed by atoms with Crippen LogP contribution in [-0.4, -0.2) is 31.3 Å². The number of thioether (sulfide) groups is 1. The molecule has 0 aliphatic heterocycles. The van der Waals surface area contributed by atoms with Crippen LogP contribution in [0.1, 0.15) is 44.2 Å². The van der Waals surface area contributed by atoms with Gasteiger partial charge in [0.2, 0.25) is 5.91 Å². The lowest BCUT2D eigenvalue weighted by Crippen LogP contribution is -2.15. The van der Waals surface area contributed by atoms with Crippen LogP contribution in [-0.2, 0) is 11.8 Å². The van der Waals surface area contributed by atoms with E-state index in [1.807, 2.05) is 31.2 Å². The van der Waals surface area contributed by atoms with E-state index in [9.17, 15) is 14.9 Å². The minimum absolute atomic E-state index is 0.0317. The molecule has 3 aromatic rings. The summed E-state index contributed by atoms with van der Waals surface area (Å²) in [5.74, 6) is 1.47. The number of ether oxygens (including phenoxy) is 1. The summed E-state index contributed by atoms with van der Waals surface area (Å²) in [6.45, 7) is 6.16. The molecule has 3 rings (SSSR count). The van der Waals surface area contributed by atoms with E-state index in [2.05, 4.69) is 29.4 Å². The molecule has 0 fully saturated rings. The van der Waals surface area contributed by atoms with Gasteiger partial charge >= 0.3 is 0 Å². The summed E-state index contributed by atoms with van der Waals surface area (Å²) in [6, 6.07) is 14.0. The van der Waals surface area contributed by atoms with E-state index < -0.39 is 4.92 Å². The van der Waals surface area contributed by atoms with Gasteiger partial charge < -0.3 is 14.6 Å². The van der Waals surface area contributed by atoms with Gasteiger partial charge in [0, 0.05) is 13.1 Å². The summed E-state index contributed by atoms with van der Waals surface area (Å²) in [7, 11) is 1.80. The van der Waals surface area contributed by atoms with Crippen LogP contribution in [0, 0.1) is 10.1 Å². The van der Waals surface area contributed by atoms with Crippen LogP contribution in [0.5, 0.6) is 5.75 Å². The molecule has 0 radical (unpaired) electrons. The summed E-state index contributed by atoms with van der Waals surface area (Å²) in [5.41, 5.74) is 1.24. The average molecular weight is 456 g/mol. The number of hydrogen-bond acceptors (Lipinski definition) is 7. The number of carbonyl (C=O) groups is 1. The summed E-state index contributed by atoms with van der Waals surface area (Å²) < 4.78 is 7.77. The number of hydrogen-bond donors (Lipinski definition) is 1. The van der Waals surface area contributed by atoms with Gasteiger partial charge in [-0.25, -0.2) is 0 Å². The maximum atomic E-state index is 12.3. The predicted molar refractivity (Wildman–Crippen MR) is 123 cm³/mol. The zero-order chi connectivity index (χ0) is 23.3. The molecule has 1 amide bonds. The summed E-state index contributed by atoms with van der Waals surface area (Å²) in [6.07, 6.45) is -0.340. The molecule has 2 aromatic carbocycles. The van der Waals surface area contributed by atoms with Crippen molar-refractivity contribution in [1.29, 1.82) is 0 Å². The Bertz CT molecular complexity index is 1100. The fourth-order valence-corrected chi connectivity index (χ4v) is 3.77. The molecule has 0 aliphatic rings. The third-order valence-electron chi connectivity index (χ3n) is 4.80. The average Bonchev–Trinajstić information content (AvgIpc) is 3.13. The number of nitrogens with one attached hydrogen (secondary N) is 1.